The van der Waals surface area contributed by atoms with Crippen LogP contribution in [0.5, 0.6) is 11.6 Å². The van der Waals surface area contributed by atoms with Gasteiger partial charge in [0.25, 0.3) is 0 Å². The molecule has 2 atom stereocenters. The van der Waals surface area contributed by atoms with Crippen molar-refractivity contribution in [2.45, 2.75) is 18.6 Å². The smallest absolute Gasteiger partial charge is 0.323 e. The van der Waals surface area contributed by atoms with Crippen LogP contribution in [-0.4, -0.2) is 43.9 Å². The number of esters is 1. The minimum atomic E-state index is -0.329. The van der Waals surface area contributed by atoms with Gasteiger partial charge in [0.2, 0.25) is 5.88 Å². The predicted molar refractivity (Wildman–Crippen MR) is 88.8 cm³/mol. The number of hydrogen-bond donors (Lipinski definition) is 1. The van der Waals surface area contributed by atoms with E-state index in [9.17, 15) is 4.79 Å². The van der Waals surface area contributed by atoms with E-state index in [-0.39, 0.29) is 18.1 Å². The first kappa shape index (κ1) is 16.0. The van der Waals surface area contributed by atoms with E-state index in [2.05, 4.69) is 26.2 Å². The van der Waals surface area contributed by atoms with E-state index in [1.54, 1.807) is 7.11 Å². The lowest BCUT2D eigenvalue weighted by atomic mass is 10.2. The van der Waals surface area contributed by atoms with Crippen molar-refractivity contribution in [2.24, 2.45) is 0 Å². The van der Waals surface area contributed by atoms with Crippen LogP contribution >= 0.6 is 15.9 Å². The van der Waals surface area contributed by atoms with Gasteiger partial charge in [0.15, 0.2) is 0 Å². The monoisotopic (exact) mass is 380 g/mol. The summed E-state index contributed by atoms with van der Waals surface area (Å²) in [5.74, 6) is 0.973. The van der Waals surface area contributed by atoms with Crippen molar-refractivity contribution in [3.8, 4) is 11.6 Å². The fourth-order valence-electron chi connectivity index (χ4n) is 2.59. The van der Waals surface area contributed by atoms with Crippen molar-refractivity contribution in [3.05, 3.63) is 28.7 Å². The summed E-state index contributed by atoms with van der Waals surface area (Å²) in [7, 11) is 3.00. The number of rotatable bonds is 4. The normalized spacial score (nSPS) is 20.5. The van der Waals surface area contributed by atoms with Gasteiger partial charge in [-0.3, -0.25) is 4.79 Å². The molecule has 6 nitrogen and oxygen atoms in total. The van der Waals surface area contributed by atoms with Gasteiger partial charge in [0, 0.05) is 24.4 Å². The molecule has 1 fully saturated rings. The van der Waals surface area contributed by atoms with Crippen LogP contribution in [0.25, 0.3) is 10.9 Å². The number of hydrogen-bond acceptors (Lipinski definition) is 6. The van der Waals surface area contributed by atoms with Gasteiger partial charge in [-0.15, -0.1) is 0 Å². The number of carbonyl (C=O) groups is 1. The van der Waals surface area contributed by atoms with E-state index in [0.29, 0.717) is 18.8 Å². The Morgan fingerprint density at radius 1 is 1.35 bits per heavy atom. The van der Waals surface area contributed by atoms with Crippen LogP contribution in [-0.2, 0) is 9.53 Å². The number of nitrogens with one attached hydrogen (secondary N) is 1. The van der Waals surface area contributed by atoms with E-state index in [4.69, 9.17) is 14.2 Å². The maximum atomic E-state index is 11.5. The van der Waals surface area contributed by atoms with E-state index in [1.807, 2.05) is 24.3 Å². The molecule has 2 aromatic rings. The Labute approximate surface area is 142 Å². The Balaban J connectivity index is 1.80. The number of aromatic nitrogens is 1. The molecular weight excluding hydrogens is 364 g/mol. The third-order valence-electron chi connectivity index (χ3n) is 3.80. The molecule has 2 heterocycles. The summed E-state index contributed by atoms with van der Waals surface area (Å²) in [5, 5.41) is 4.08. The lowest BCUT2D eigenvalue weighted by Crippen LogP contribution is -2.31. The highest BCUT2D eigenvalue weighted by atomic mass is 79.9. The zero-order chi connectivity index (χ0) is 16.4. The molecule has 1 aromatic heterocycles. The Bertz CT molecular complexity index is 737. The molecule has 0 bridgehead atoms. The zero-order valence-electron chi connectivity index (χ0n) is 12.8. The maximum absolute atomic E-state index is 11.5. The largest absolute Gasteiger partial charge is 0.497 e. The van der Waals surface area contributed by atoms with E-state index < -0.39 is 0 Å². The van der Waals surface area contributed by atoms with E-state index in [0.717, 1.165) is 21.1 Å². The van der Waals surface area contributed by atoms with Crippen molar-refractivity contribution < 1.29 is 19.0 Å². The molecule has 1 saturated heterocycles. The number of benzene rings is 1. The van der Waals surface area contributed by atoms with Crippen LogP contribution < -0.4 is 14.8 Å². The highest BCUT2D eigenvalue weighted by molar-refractivity contribution is 9.10. The third-order valence-corrected chi connectivity index (χ3v) is 4.37. The van der Waals surface area contributed by atoms with Crippen LogP contribution in [0.2, 0.25) is 0 Å². The molecule has 0 amide bonds. The number of nitrogens with zero attached hydrogens (tertiary/aromatic N) is 1. The predicted octanol–water partition coefficient (Wildman–Crippen LogP) is 2.29. The van der Waals surface area contributed by atoms with Crippen LogP contribution in [0.1, 0.15) is 6.42 Å². The second kappa shape index (κ2) is 6.72. The fraction of sp³-hybridized carbons (Fsp3) is 0.375. The molecule has 0 aliphatic carbocycles. The Hall–Kier alpha value is -1.86. The van der Waals surface area contributed by atoms with Gasteiger partial charge in [-0.2, -0.15) is 0 Å². The maximum Gasteiger partial charge on any atom is 0.323 e. The summed E-state index contributed by atoms with van der Waals surface area (Å²) in [4.78, 5) is 16.1. The van der Waals surface area contributed by atoms with Crippen molar-refractivity contribution in [3.63, 3.8) is 0 Å². The number of ether oxygens (including phenoxy) is 3. The molecule has 1 N–H and O–H groups in total. The van der Waals surface area contributed by atoms with Crippen LogP contribution in [0.3, 0.4) is 0 Å². The molecule has 122 valence electrons. The molecule has 7 heteroatoms. The Kier molecular flexibility index (Phi) is 4.68. The highest BCUT2D eigenvalue weighted by Gasteiger charge is 2.32. The molecule has 0 unspecified atom stereocenters. The molecule has 1 aromatic carbocycles. The summed E-state index contributed by atoms with van der Waals surface area (Å²) in [6.45, 7) is 0.573. The summed E-state index contributed by atoms with van der Waals surface area (Å²) in [5.41, 5.74) is 0.790. The topological polar surface area (TPSA) is 69.7 Å². The minimum absolute atomic E-state index is 0.133. The first-order valence-electron chi connectivity index (χ1n) is 7.23. The Morgan fingerprint density at radius 2 is 2.17 bits per heavy atom. The summed E-state index contributed by atoms with van der Waals surface area (Å²) < 4.78 is 16.7. The van der Waals surface area contributed by atoms with Gasteiger partial charge in [0.1, 0.15) is 17.9 Å². The van der Waals surface area contributed by atoms with Gasteiger partial charge in [-0.25, -0.2) is 4.98 Å². The average Bonchev–Trinajstić information content (AvgIpc) is 3.03. The van der Waals surface area contributed by atoms with Crippen molar-refractivity contribution in [1.82, 2.24) is 10.3 Å². The van der Waals surface area contributed by atoms with Gasteiger partial charge in [0.05, 0.1) is 24.2 Å². The van der Waals surface area contributed by atoms with Crippen molar-refractivity contribution in [1.29, 1.82) is 0 Å². The third kappa shape index (κ3) is 3.40. The molecule has 3 rings (SSSR count). The first-order chi connectivity index (χ1) is 11.1. The second-order valence-corrected chi connectivity index (χ2v) is 6.15. The molecule has 0 saturated carbocycles. The number of halogens is 1. The molecule has 0 radical (unpaired) electrons. The van der Waals surface area contributed by atoms with Gasteiger partial charge >= 0.3 is 5.97 Å². The summed E-state index contributed by atoms with van der Waals surface area (Å²) in [6, 6.07) is 7.32. The molecular formula is C16H17BrN2O4. The average molecular weight is 381 g/mol. The van der Waals surface area contributed by atoms with Crippen molar-refractivity contribution >= 4 is 32.8 Å². The minimum Gasteiger partial charge on any atom is -0.497 e. The molecule has 0 spiro atoms. The number of methoxy groups -OCH3 is 2. The number of pyridine rings is 1. The van der Waals surface area contributed by atoms with Gasteiger partial charge < -0.3 is 19.5 Å². The van der Waals surface area contributed by atoms with E-state index >= 15 is 0 Å². The second-order valence-electron chi connectivity index (χ2n) is 5.29. The number of fused-ring (bicyclic) bond motifs is 1. The van der Waals surface area contributed by atoms with Crippen LogP contribution in [0.15, 0.2) is 28.7 Å². The lowest BCUT2D eigenvalue weighted by Gasteiger charge is -2.14. The summed E-state index contributed by atoms with van der Waals surface area (Å²) >= 11 is 3.49. The van der Waals surface area contributed by atoms with Crippen LogP contribution in [0.4, 0.5) is 0 Å². The SMILES string of the molecule is COC(=O)[C@@H]1C[C@@H](Oc2nc3cc(OC)ccc3cc2Br)CN1. The highest BCUT2D eigenvalue weighted by Crippen LogP contribution is 2.30. The van der Waals surface area contributed by atoms with E-state index in [1.165, 1.54) is 7.11 Å². The standard InChI is InChI=1S/C16H17BrN2O4/c1-21-10-4-3-9-5-12(17)15(19-13(9)6-10)23-11-7-14(18-8-11)16(20)22-2/h3-6,11,14,18H,7-8H2,1-2H3/t11-,14+/m1/s1. The fourth-order valence-corrected chi connectivity index (χ4v) is 3.01. The first-order valence-corrected chi connectivity index (χ1v) is 8.02. The quantitative estimate of drug-likeness (QED) is 0.820. The molecule has 23 heavy (non-hydrogen) atoms. The van der Waals surface area contributed by atoms with Gasteiger partial charge in [-0.1, -0.05) is 0 Å². The lowest BCUT2D eigenvalue weighted by molar-refractivity contribution is -0.142. The van der Waals surface area contributed by atoms with Gasteiger partial charge in [-0.05, 0) is 34.1 Å². The molecule has 1 aliphatic rings. The van der Waals surface area contributed by atoms with Crippen LogP contribution in [0, 0.1) is 0 Å². The Morgan fingerprint density at radius 3 is 2.91 bits per heavy atom. The number of carbonyl (C=O) groups excluding carboxylic acids is 1. The van der Waals surface area contributed by atoms with Crippen molar-refractivity contribution in [2.75, 3.05) is 20.8 Å². The molecule has 1 aliphatic heterocycles. The zero-order valence-corrected chi connectivity index (χ0v) is 14.4. The summed E-state index contributed by atoms with van der Waals surface area (Å²) in [6.07, 6.45) is 0.419.